The molecule has 0 bridgehead atoms. The van der Waals surface area contributed by atoms with E-state index in [0.717, 1.165) is 46.5 Å². The van der Waals surface area contributed by atoms with E-state index >= 15 is 0 Å². The number of benzene rings is 1. The standard InChI is InChI=1S/C22H26N6O2S/c1-28(7-8-30-2)22(29)13-3-5-16-18(10-13)31-21-19(16)20(25-12-26-21)27-15-4-6-17(24)14(9-15)11-23/h4,6,9,11-13,23H,3,5,7-8,10,24H2,1-2H3,(H,25,26,27)/p+1/t13-/m0/s1. The summed E-state index contributed by atoms with van der Waals surface area (Å²) in [5.74, 6) is 0.931. The minimum atomic E-state index is -0.00784. The number of fused-ring (bicyclic) bond motifs is 3. The number of rotatable bonds is 7. The lowest BCUT2D eigenvalue weighted by Crippen LogP contribution is -2.37. The Balaban J connectivity index is 1.61. The van der Waals surface area contributed by atoms with Crippen molar-refractivity contribution in [3.63, 3.8) is 0 Å². The van der Waals surface area contributed by atoms with Crippen LogP contribution in [0.3, 0.4) is 0 Å². The zero-order valence-electron chi connectivity index (χ0n) is 17.7. The molecule has 5 N–H and O–H groups in total. The highest BCUT2D eigenvalue weighted by Crippen LogP contribution is 2.40. The van der Waals surface area contributed by atoms with Crippen molar-refractivity contribution in [2.75, 3.05) is 38.4 Å². The van der Waals surface area contributed by atoms with Gasteiger partial charge in [0.2, 0.25) is 5.91 Å². The van der Waals surface area contributed by atoms with Gasteiger partial charge >= 0.3 is 0 Å². The van der Waals surface area contributed by atoms with E-state index in [1.807, 2.05) is 25.2 Å². The zero-order chi connectivity index (χ0) is 22.0. The summed E-state index contributed by atoms with van der Waals surface area (Å²) in [6, 6.07) is 5.62. The number of carbonyl (C=O) groups is 1. The van der Waals surface area contributed by atoms with Crippen molar-refractivity contribution in [3.8, 4) is 0 Å². The van der Waals surface area contributed by atoms with Crippen molar-refractivity contribution in [3.05, 3.63) is 40.5 Å². The first-order chi connectivity index (χ1) is 15.0. The fourth-order valence-electron chi connectivity index (χ4n) is 4.00. The van der Waals surface area contributed by atoms with E-state index in [-0.39, 0.29) is 11.8 Å². The van der Waals surface area contributed by atoms with Crippen LogP contribution >= 0.6 is 11.3 Å². The molecule has 0 spiro atoms. The zero-order valence-corrected chi connectivity index (χ0v) is 18.5. The van der Waals surface area contributed by atoms with Gasteiger partial charge in [-0.05, 0) is 43.0 Å². The lowest BCUT2D eigenvalue weighted by atomic mass is 9.87. The Morgan fingerprint density at radius 3 is 3.06 bits per heavy atom. The summed E-state index contributed by atoms with van der Waals surface area (Å²) in [7, 11) is 3.49. The van der Waals surface area contributed by atoms with Crippen molar-refractivity contribution in [1.82, 2.24) is 14.9 Å². The average molecular weight is 440 g/mol. The predicted molar refractivity (Wildman–Crippen MR) is 124 cm³/mol. The number of anilines is 3. The van der Waals surface area contributed by atoms with Crippen LogP contribution in [0.1, 0.15) is 22.4 Å². The van der Waals surface area contributed by atoms with Gasteiger partial charge in [-0.15, -0.1) is 11.3 Å². The van der Waals surface area contributed by atoms with Gasteiger partial charge in [0.15, 0.2) is 6.21 Å². The third-order valence-electron chi connectivity index (χ3n) is 5.73. The minimum absolute atomic E-state index is 0.00784. The van der Waals surface area contributed by atoms with Crippen LogP contribution in [0, 0.1) is 5.92 Å². The van der Waals surface area contributed by atoms with Gasteiger partial charge in [-0.25, -0.2) is 9.97 Å². The Morgan fingerprint density at radius 2 is 2.29 bits per heavy atom. The van der Waals surface area contributed by atoms with Gasteiger partial charge in [-0.2, -0.15) is 0 Å². The van der Waals surface area contributed by atoms with E-state index < -0.39 is 0 Å². The van der Waals surface area contributed by atoms with Gasteiger partial charge in [0, 0.05) is 42.9 Å². The fraction of sp³-hybridized carbons (Fsp3) is 0.364. The van der Waals surface area contributed by atoms with Crippen LogP contribution in [0.15, 0.2) is 24.5 Å². The lowest BCUT2D eigenvalue weighted by Gasteiger charge is -2.26. The Hall–Kier alpha value is -3.04. The number of nitrogens with two attached hydrogens (primary N) is 2. The summed E-state index contributed by atoms with van der Waals surface area (Å²) in [5.41, 5.74) is 9.43. The first kappa shape index (κ1) is 21.2. The Morgan fingerprint density at radius 1 is 1.45 bits per heavy atom. The molecule has 9 heteroatoms. The number of nitrogens with one attached hydrogen (secondary N) is 1. The SMILES string of the molecule is COCCN(C)C(=O)[C@H]1CCc2c(sc3ncnc(Nc4ccc(N)c(C=[NH2+])c4)c23)C1. The number of hydrogen-bond acceptors (Lipinski definition) is 7. The molecule has 0 aliphatic heterocycles. The van der Waals surface area contributed by atoms with E-state index in [1.54, 1.807) is 29.7 Å². The van der Waals surface area contributed by atoms with Gasteiger partial charge in [0.05, 0.1) is 17.6 Å². The van der Waals surface area contributed by atoms with Crippen molar-refractivity contribution in [2.45, 2.75) is 19.3 Å². The topological polar surface area (TPSA) is 119 Å². The molecule has 0 saturated heterocycles. The van der Waals surface area contributed by atoms with E-state index in [1.165, 1.54) is 16.7 Å². The first-order valence-corrected chi connectivity index (χ1v) is 11.0. The van der Waals surface area contributed by atoms with E-state index in [2.05, 4.69) is 15.3 Å². The van der Waals surface area contributed by atoms with Gasteiger partial charge < -0.3 is 20.7 Å². The maximum absolute atomic E-state index is 12.8. The maximum atomic E-state index is 12.8. The van der Waals surface area contributed by atoms with E-state index in [4.69, 9.17) is 15.9 Å². The van der Waals surface area contributed by atoms with Crippen LogP contribution in [0.5, 0.6) is 0 Å². The Labute approximate surface area is 185 Å². The van der Waals surface area contributed by atoms with Crippen LogP contribution in [-0.2, 0) is 22.4 Å². The van der Waals surface area contributed by atoms with Crippen molar-refractivity contribution >= 4 is 50.9 Å². The maximum Gasteiger partial charge on any atom is 0.225 e. The minimum Gasteiger partial charge on any atom is -0.398 e. The largest absolute Gasteiger partial charge is 0.398 e. The summed E-state index contributed by atoms with van der Waals surface area (Å²) >= 11 is 1.65. The molecule has 2 aromatic heterocycles. The monoisotopic (exact) mass is 439 g/mol. The van der Waals surface area contributed by atoms with Crippen molar-refractivity contribution in [2.24, 2.45) is 5.92 Å². The summed E-state index contributed by atoms with van der Waals surface area (Å²) in [4.78, 5) is 25.8. The molecule has 1 atom stereocenters. The molecule has 1 aromatic carbocycles. The molecule has 162 valence electrons. The molecule has 0 unspecified atom stereocenters. The molecule has 3 aromatic rings. The highest BCUT2D eigenvalue weighted by molar-refractivity contribution is 7.19. The van der Waals surface area contributed by atoms with Crippen molar-refractivity contribution in [1.29, 1.82) is 0 Å². The highest BCUT2D eigenvalue weighted by Gasteiger charge is 2.30. The van der Waals surface area contributed by atoms with Crippen LogP contribution in [0.25, 0.3) is 10.2 Å². The molecule has 4 rings (SSSR count). The molecule has 0 saturated carbocycles. The number of methoxy groups -OCH3 is 1. The number of thiophene rings is 1. The number of nitrogen functional groups attached to an aromatic ring is 1. The molecule has 0 radical (unpaired) electrons. The van der Waals surface area contributed by atoms with E-state index in [9.17, 15) is 4.79 Å². The number of hydrogen-bond donors (Lipinski definition) is 3. The molecule has 0 fully saturated rings. The summed E-state index contributed by atoms with van der Waals surface area (Å²) in [6.07, 6.45) is 5.44. The summed E-state index contributed by atoms with van der Waals surface area (Å²) in [5, 5.41) is 10.1. The molecule has 1 amide bonds. The Kier molecular flexibility index (Phi) is 6.15. The van der Waals surface area contributed by atoms with E-state index in [0.29, 0.717) is 18.8 Å². The number of ether oxygens (including phenoxy) is 1. The van der Waals surface area contributed by atoms with Crippen LogP contribution in [0.4, 0.5) is 17.2 Å². The second-order valence-electron chi connectivity index (χ2n) is 7.73. The number of aryl methyl sites for hydroxylation is 1. The molecule has 2 heterocycles. The third-order valence-corrected chi connectivity index (χ3v) is 6.89. The van der Waals surface area contributed by atoms with Crippen LogP contribution in [-0.4, -0.2) is 54.3 Å². The molecule has 31 heavy (non-hydrogen) atoms. The smallest absolute Gasteiger partial charge is 0.225 e. The number of carbonyl (C=O) groups excluding carboxylic acids is 1. The second-order valence-corrected chi connectivity index (χ2v) is 8.82. The summed E-state index contributed by atoms with van der Waals surface area (Å²) in [6.45, 7) is 1.15. The quantitative estimate of drug-likeness (QED) is 0.378. The van der Waals surface area contributed by atoms with Gasteiger partial charge in [-0.1, -0.05) is 0 Å². The third kappa shape index (κ3) is 4.24. The number of likely N-dealkylation sites (N-methyl/N-ethyl adjacent to an activating group) is 1. The number of aromatic nitrogens is 2. The van der Waals surface area contributed by atoms with Crippen LogP contribution in [0.2, 0.25) is 0 Å². The predicted octanol–water partition coefficient (Wildman–Crippen LogP) is 1.40. The molecule has 1 aliphatic rings. The van der Waals surface area contributed by atoms with Gasteiger partial charge in [0.25, 0.3) is 0 Å². The number of nitrogens with zero attached hydrogens (tertiary/aromatic N) is 3. The lowest BCUT2D eigenvalue weighted by molar-refractivity contribution is -0.135. The molecule has 8 nitrogen and oxygen atoms in total. The van der Waals surface area contributed by atoms with Crippen molar-refractivity contribution < 1.29 is 14.9 Å². The molecule has 1 aliphatic carbocycles. The molecular weight excluding hydrogens is 412 g/mol. The highest BCUT2D eigenvalue weighted by atomic mass is 32.1. The van der Waals surface area contributed by atoms with Crippen LogP contribution < -0.4 is 16.5 Å². The summed E-state index contributed by atoms with van der Waals surface area (Å²) < 4.78 is 5.10. The second kappa shape index (κ2) is 8.99. The normalized spacial score (nSPS) is 15.5. The molecular formula is C22H27N6O2S+. The first-order valence-electron chi connectivity index (χ1n) is 10.2. The average Bonchev–Trinajstić information content (AvgIpc) is 3.16. The Bertz CT molecular complexity index is 1130. The van der Waals surface area contributed by atoms with Gasteiger partial charge in [0.1, 0.15) is 17.0 Å². The van der Waals surface area contributed by atoms with Gasteiger partial charge in [-0.3, -0.25) is 10.2 Å². The fourth-order valence-corrected chi connectivity index (χ4v) is 5.27. The number of amides is 1.